The first kappa shape index (κ1) is 27.8. The molecule has 5 nitrogen and oxygen atoms in total. The standard InChI is InChI=1S/C27H26F6N2O3/c28-26(29,30)19-14-17(15-20(16-19)27(31,32)33)6-7-22(36)25(18-4-2-1-3-5-18)34-12-10-21(11-13-34)35-23(37)8-9-24(35)38/h1-5,14-16,21,25H,6-13H2. The van der Waals surface area contributed by atoms with Gasteiger partial charge in [-0.25, -0.2) is 0 Å². The summed E-state index contributed by atoms with van der Waals surface area (Å²) in [6.07, 6.45) is -9.16. The molecule has 0 bridgehead atoms. The number of Topliss-reactive ketones (excluding diaryl/α,β-unsaturated/α-hetero) is 1. The fraction of sp³-hybridized carbons (Fsp3) is 0.444. The van der Waals surface area contributed by atoms with Crippen LogP contribution >= 0.6 is 0 Å². The predicted molar refractivity (Wildman–Crippen MR) is 125 cm³/mol. The van der Waals surface area contributed by atoms with Gasteiger partial charge >= 0.3 is 12.4 Å². The minimum absolute atomic E-state index is 0.0676. The Morgan fingerprint density at radius 3 is 1.87 bits per heavy atom. The minimum atomic E-state index is -4.96. The van der Waals surface area contributed by atoms with Gasteiger partial charge in [0, 0.05) is 38.4 Å². The molecule has 38 heavy (non-hydrogen) atoms. The van der Waals surface area contributed by atoms with Crippen LogP contribution in [0.2, 0.25) is 0 Å². The van der Waals surface area contributed by atoms with E-state index >= 15 is 0 Å². The van der Waals surface area contributed by atoms with Gasteiger partial charge in [0.15, 0.2) is 5.78 Å². The van der Waals surface area contributed by atoms with Gasteiger partial charge < -0.3 is 0 Å². The Hall–Kier alpha value is -3.21. The number of alkyl halides is 6. The molecule has 2 aromatic carbocycles. The molecule has 0 spiro atoms. The topological polar surface area (TPSA) is 57.7 Å². The van der Waals surface area contributed by atoms with Gasteiger partial charge in [-0.15, -0.1) is 0 Å². The van der Waals surface area contributed by atoms with Crippen LogP contribution in [-0.2, 0) is 33.2 Å². The van der Waals surface area contributed by atoms with Gasteiger partial charge in [-0.05, 0) is 48.6 Å². The van der Waals surface area contributed by atoms with E-state index < -0.39 is 29.5 Å². The number of likely N-dealkylation sites (tertiary alicyclic amines) is 2. The lowest BCUT2D eigenvalue weighted by Crippen LogP contribution is -2.48. The van der Waals surface area contributed by atoms with Gasteiger partial charge in [0.05, 0.1) is 17.2 Å². The number of carbonyl (C=O) groups excluding carboxylic acids is 3. The average molecular weight is 541 g/mol. The van der Waals surface area contributed by atoms with Gasteiger partial charge in [0.25, 0.3) is 0 Å². The van der Waals surface area contributed by atoms with Crippen LogP contribution in [0.5, 0.6) is 0 Å². The third-order valence-corrected chi connectivity index (χ3v) is 7.05. The lowest BCUT2D eigenvalue weighted by atomic mass is 9.92. The Balaban J connectivity index is 1.51. The number of carbonyl (C=O) groups is 3. The van der Waals surface area contributed by atoms with Crippen LogP contribution < -0.4 is 0 Å². The molecular weight excluding hydrogens is 514 g/mol. The van der Waals surface area contributed by atoms with Crippen LogP contribution in [0.4, 0.5) is 26.3 Å². The van der Waals surface area contributed by atoms with Crippen molar-refractivity contribution in [1.29, 1.82) is 0 Å². The lowest BCUT2D eigenvalue weighted by molar-refractivity contribution is -0.144. The molecule has 2 aliphatic heterocycles. The summed E-state index contributed by atoms with van der Waals surface area (Å²) in [5.41, 5.74) is -2.40. The van der Waals surface area contributed by atoms with Crippen molar-refractivity contribution in [3.8, 4) is 0 Å². The molecule has 1 unspecified atom stereocenters. The van der Waals surface area contributed by atoms with Crippen molar-refractivity contribution in [2.24, 2.45) is 0 Å². The van der Waals surface area contributed by atoms with Gasteiger partial charge in [-0.3, -0.25) is 24.2 Å². The first-order valence-corrected chi connectivity index (χ1v) is 12.3. The second-order valence-corrected chi connectivity index (χ2v) is 9.62. The first-order valence-electron chi connectivity index (χ1n) is 12.3. The number of nitrogens with zero attached hydrogens (tertiary/aromatic N) is 2. The van der Waals surface area contributed by atoms with E-state index in [1.807, 2.05) is 4.90 Å². The molecule has 2 aliphatic rings. The molecule has 0 N–H and O–H groups in total. The average Bonchev–Trinajstić information content (AvgIpc) is 3.20. The highest BCUT2D eigenvalue weighted by Gasteiger charge is 2.39. The summed E-state index contributed by atoms with van der Waals surface area (Å²) in [4.78, 5) is 40.9. The SMILES string of the molecule is O=C(CCc1cc(C(F)(F)F)cc(C(F)(F)F)c1)C(c1ccccc1)N1CCC(N2C(=O)CCC2=O)CC1. The van der Waals surface area contributed by atoms with E-state index in [0.717, 1.165) is 0 Å². The zero-order valence-corrected chi connectivity index (χ0v) is 20.3. The summed E-state index contributed by atoms with van der Waals surface area (Å²) in [6.45, 7) is 0.795. The second-order valence-electron chi connectivity index (χ2n) is 9.62. The van der Waals surface area contributed by atoms with Gasteiger partial charge in [0.1, 0.15) is 0 Å². The number of benzene rings is 2. The fourth-order valence-electron chi connectivity index (χ4n) is 5.21. The number of rotatable bonds is 7. The summed E-state index contributed by atoms with van der Waals surface area (Å²) in [6, 6.07) is 9.09. The minimum Gasteiger partial charge on any atom is -0.298 e. The van der Waals surface area contributed by atoms with Crippen LogP contribution in [-0.4, -0.2) is 46.5 Å². The monoisotopic (exact) mass is 540 g/mol. The summed E-state index contributed by atoms with van der Waals surface area (Å²) >= 11 is 0. The Labute approximate surface area is 215 Å². The number of aryl methyl sites for hydroxylation is 1. The zero-order chi connectivity index (χ0) is 27.7. The third-order valence-electron chi connectivity index (χ3n) is 7.05. The summed E-state index contributed by atoms with van der Waals surface area (Å²) < 4.78 is 79.4. The molecule has 204 valence electrons. The van der Waals surface area contributed by atoms with Crippen molar-refractivity contribution in [1.82, 2.24) is 9.80 Å². The third kappa shape index (κ3) is 6.25. The van der Waals surface area contributed by atoms with Gasteiger partial charge in [-0.1, -0.05) is 30.3 Å². The van der Waals surface area contributed by atoms with E-state index in [4.69, 9.17) is 0 Å². The largest absolute Gasteiger partial charge is 0.416 e. The van der Waals surface area contributed by atoms with Gasteiger partial charge in [0.2, 0.25) is 11.8 Å². The van der Waals surface area contributed by atoms with Crippen molar-refractivity contribution in [3.05, 3.63) is 70.8 Å². The first-order chi connectivity index (χ1) is 17.8. The molecule has 2 heterocycles. The molecule has 0 saturated carbocycles. The quantitative estimate of drug-likeness (QED) is 0.340. The van der Waals surface area contributed by atoms with Crippen LogP contribution in [0.1, 0.15) is 60.4 Å². The molecule has 0 aliphatic carbocycles. The maximum Gasteiger partial charge on any atom is 0.416 e. The number of ketones is 1. The number of hydrogen-bond donors (Lipinski definition) is 0. The maximum atomic E-state index is 13.4. The van der Waals surface area contributed by atoms with Crippen molar-refractivity contribution in [3.63, 3.8) is 0 Å². The highest BCUT2D eigenvalue weighted by atomic mass is 19.4. The highest BCUT2D eigenvalue weighted by molar-refractivity contribution is 6.02. The van der Waals surface area contributed by atoms with Crippen molar-refractivity contribution in [2.75, 3.05) is 13.1 Å². The van der Waals surface area contributed by atoms with Crippen molar-refractivity contribution < 1.29 is 40.7 Å². The van der Waals surface area contributed by atoms with Gasteiger partial charge in [-0.2, -0.15) is 26.3 Å². The zero-order valence-electron chi connectivity index (χ0n) is 20.3. The number of halogens is 6. The van der Waals surface area contributed by atoms with E-state index in [2.05, 4.69) is 0 Å². The molecule has 1 atom stereocenters. The van der Waals surface area contributed by atoms with Crippen LogP contribution in [0.15, 0.2) is 48.5 Å². The van der Waals surface area contributed by atoms with E-state index in [0.29, 0.717) is 43.6 Å². The number of amides is 2. The summed E-state index contributed by atoms with van der Waals surface area (Å²) in [7, 11) is 0. The summed E-state index contributed by atoms with van der Waals surface area (Å²) in [5.74, 6) is -0.749. The van der Waals surface area contributed by atoms with Crippen molar-refractivity contribution >= 4 is 17.6 Å². The Kier molecular flexibility index (Phi) is 7.96. The van der Waals surface area contributed by atoms with E-state index in [9.17, 15) is 40.7 Å². The van der Waals surface area contributed by atoms with Crippen LogP contribution in [0.3, 0.4) is 0 Å². The summed E-state index contributed by atoms with van der Waals surface area (Å²) in [5, 5.41) is 0. The smallest absolute Gasteiger partial charge is 0.298 e. The molecule has 2 amide bonds. The van der Waals surface area contributed by atoms with E-state index in [-0.39, 0.29) is 61.0 Å². The maximum absolute atomic E-state index is 13.4. The Morgan fingerprint density at radius 2 is 1.37 bits per heavy atom. The van der Waals surface area contributed by atoms with E-state index in [1.54, 1.807) is 30.3 Å². The van der Waals surface area contributed by atoms with Crippen LogP contribution in [0.25, 0.3) is 0 Å². The Morgan fingerprint density at radius 1 is 0.842 bits per heavy atom. The second kappa shape index (κ2) is 10.9. The molecule has 2 aromatic rings. The predicted octanol–water partition coefficient (Wildman–Crippen LogP) is 5.58. The molecule has 2 fully saturated rings. The highest BCUT2D eigenvalue weighted by Crippen LogP contribution is 2.37. The fourth-order valence-corrected chi connectivity index (χ4v) is 5.21. The normalized spacial score (nSPS) is 18.7. The number of piperidine rings is 1. The Bertz CT molecular complexity index is 1140. The van der Waals surface area contributed by atoms with Crippen molar-refractivity contribution in [2.45, 2.75) is 63.0 Å². The molecule has 11 heteroatoms. The lowest BCUT2D eigenvalue weighted by Gasteiger charge is -2.39. The molecule has 4 rings (SSSR count). The molecule has 2 saturated heterocycles. The molecule has 0 aromatic heterocycles. The van der Waals surface area contributed by atoms with Crippen LogP contribution in [0, 0.1) is 0 Å². The number of hydrogen-bond acceptors (Lipinski definition) is 4. The molecular formula is C27H26F6N2O3. The molecule has 0 radical (unpaired) electrons. The van der Waals surface area contributed by atoms with E-state index in [1.165, 1.54) is 4.90 Å². The number of imide groups is 1.